The number of hydrogen-bond acceptors (Lipinski definition) is 9. The van der Waals surface area contributed by atoms with Gasteiger partial charge in [0.05, 0.1) is 12.1 Å². The first-order valence-corrected chi connectivity index (χ1v) is 7.47. The van der Waals surface area contributed by atoms with Gasteiger partial charge >= 0.3 is 5.97 Å². The lowest BCUT2D eigenvalue weighted by atomic mass is 10.4. The van der Waals surface area contributed by atoms with Gasteiger partial charge in [0.25, 0.3) is 0 Å². The molecule has 0 saturated carbocycles. The second-order valence-corrected chi connectivity index (χ2v) is 5.36. The number of H-pyrrole nitrogens is 1. The Labute approximate surface area is 138 Å². The molecule has 0 aliphatic carbocycles. The molecule has 11 nitrogen and oxygen atoms in total. The van der Waals surface area contributed by atoms with Crippen molar-refractivity contribution in [1.82, 2.24) is 29.9 Å². The van der Waals surface area contributed by atoms with Crippen LogP contribution in [0.3, 0.4) is 0 Å². The molecule has 5 N–H and O–H groups in total. The van der Waals surface area contributed by atoms with E-state index in [0.29, 0.717) is 16.2 Å². The lowest BCUT2D eigenvalue weighted by Crippen LogP contribution is -2.17. The quantitative estimate of drug-likeness (QED) is 0.368. The molecule has 122 valence electrons. The van der Waals surface area contributed by atoms with Gasteiger partial charge in [-0.2, -0.15) is 4.98 Å². The predicted octanol–water partition coefficient (Wildman–Crippen LogP) is 0.154. The molecule has 0 saturated heterocycles. The van der Waals surface area contributed by atoms with Gasteiger partial charge in [0, 0.05) is 6.20 Å². The number of carbonyl (C=O) groups excluding carboxylic acids is 1. The van der Waals surface area contributed by atoms with Crippen LogP contribution in [0, 0.1) is 0 Å². The zero-order chi connectivity index (χ0) is 17.1. The van der Waals surface area contributed by atoms with E-state index >= 15 is 0 Å². The van der Waals surface area contributed by atoms with Crippen LogP contribution in [-0.4, -0.2) is 52.6 Å². The summed E-state index contributed by atoms with van der Waals surface area (Å²) in [5, 5.41) is 11.8. The van der Waals surface area contributed by atoms with Crippen LogP contribution in [0.4, 0.5) is 11.9 Å². The van der Waals surface area contributed by atoms with Crippen LogP contribution in [0.5, 0.6) is 0 Å². The molecular formula is C12H10N8O3S. The number of nitrogens with two attached hydrogens (primary N) is 1. The first kappa shape index (κ1) is 15.6. The van der Waals surface area contributed by atoms with Crippen LogP contribution in [0.15, 0.2) is 23.6 Å². The molecule has 3 aromatic heterocycles. The van der Waals surface area contributed by atoms with Crippen LogP contribution in [0.1, 0.15) is 10.5 Å². The lowest BCUT2D eigenvalue weighted by molar-refractivity contribution is -0.113. The number of nitrogens with one attached hydrogen (secondary N) is 2. The summed E-state index contributed by atoms with van der Waals surface area (Å²) in [6.45, 7) is 0. The van der Waals surface area contributed by atoms with Gasteiger partial charge in [-0.3, -0.25) is 10.1 Å². The highest BCUT2D eigenvalue weighted by atomic mass is 32.2. The number of aromatic carboxylic acids is 1. The Balaban J connectivity index is 1.68. The van der Waals surface area contributed by atoms with E-state index in [4.69, 9.17) is 10.8 Å². The number of nitrogen functional groups attached to an aromatic ring is 1. The summed E-state index contributed by atoms with van der Waals surface area (Å²) in [7, 11) is 0. The van der Waals surface area contributed by atoms with E-state index in [1.165, 1.54) is 18.6 Å². The number of rotatable bonds is 5. The molecule has 0 bridgehead atoms. The van der Waals surface area contributed by atoms with Crippen molar-refractivity contribution in [2.75, 3.05) is 16.8 Å². The van der Waals surface area contributed by atoms with Crippen LogP contribution >= 0.6 is 11.8 Å². The standard InChI is InChI=1S/C12H10N8O3S/c13-11-19-8-7(15-4-16-8)9(20-11)24-3-6(21)18-12-14-2-1-5(17-12)10(22)23/h1-2,4H,3H2,(H,22,23)(H,14,17,18,21)(H3,13,15,16,19,20). The van der Waals surface area contributed by atoms with Crippen LogP contribution < -0.4 is 11.1 Å². The molecule has 0 atom stereocenters. The number of aromatic amines is 1. The van der Waals surface area contributed by atoms with Crippen molar-refractivity contribution < 1.29 is 14.7 Å². The molecule has 0 spiro atoms. The Hall–Kier alpha value is -3.28. The molecule has 1 amide bonds. The molecule has 0 fully saturated rings. The maximum Gasteiger partial charge on any atom is 0.354 e. The van der Waals surface area contributed by atoms with Gasteiger partial charge in [-0.15, -0.1) is 0 Å². The van der Waals surface area contributed by atoms with Gasteiger partial charge in [-0.1, -0.05) is 11.8 Å². The highest BCUT2D eigenvalue weighted by Gasteiger charge is 2.13. The van der Waals surface area contributed by atoms with E-state index < -0.39 is 11.9 Å². The van der Waals surface area contributed by atoms with E-state index in [2.05, 4.69) is 35.2 Å². The van der Waals surface area contributed by atoms with Gasteiger partial charge in [-0.25, -0.2) is 24.7 Å². The number of imidazole rings is 1. The van der Waals surface area contributed by atoms with E-state index in [9.17, 15) is 9.59 Å². The van der Waals surface area contributed by atoms with E-state index in [1.807, 2.05) is 0 Å². The number of amides is 1. The van der Waals surface area contributed by atoms with Crippen molar-refractivity contribution in [3.63, 3.8) is 0 Å². The summed E-state index contributed by atoms with van der Waals surface area (Å²) in [6.07, 6.45) is 2.70. The third kappa shape index (κ3) is 3.38. The maximum absolute atomic E-state index is 12.0. The normalized spacial score (nSPS) is 10.7. The van der Waals surface area contributed by atoms with Crippen molar-refractivity contribution in [3.8, 4) is 0 Å². The highest BCUT2D eigenvalue weighted by molar-refractivity contribution is 8.00. The summed E-state index contributed by atoms with van der Waals surface area (Å²) in [5.41, 5.74) is 6.36. The molecule has 0 aromatic carbocycles. The van der Waals surface area contributed by atoms with Crippen molar-refractivity contribution in [2.24, 2.45) is 0 Å². The number of carboxylic acid groups (broad SMARTS) is 1. The Morgan fingerprint density at radius 2 is 2.12 bits per heavy atom. The SMILES string of the molecule is Nc1nc(SCC(=O)Nc2nccc(C(=O)O)n2)c2[nH]cnc2n1. The molecule has 0 unspecified atom stereocenters. The van der Waals surface area contributed by atoms with Gasteiger partial charge < -0.3 is 15.8 Å². The average molecular weight is 346 g/mol. The summed E-state index contributed by atoms with van der Waals surface area (Å²) in [6, 6.07) is 1.23. The predicted molar refractivity (Wildman–Crippen MR) is 84.4 cm³/mol. The lowest BCUT2D eigenvalue weighted by Gasteiger charge is -2.05. The van der Waals surface area contributed by atoms with E-state index in [0.717, 1.165) is 11.8 Å². The Morgan fingerprint density at radius 3 is 2.92 bits per heavy atom. The number of anilines is 2. The maximum atomic E-state index is 12.0. The van der Waals surface area contributed by atoms with Crippen molar-refractivity contribution in [3.05, 3.63) is 24.3 Å². The monoisotopic (exact) mass is 346 g/mol. The fraction of sp³-hybridized carbons (Fsp3) is 0.0833. The smallest absolute Gasteiger partial charge is 0.354 e. The molecule has 0 aliphatic heterocycles. The molecular weight excluding hydrogens is 336 g/mol. The fourth-order valence-corrected chi connectivity index (χ4v) is 2.55. The Kier molecular flexibility index (Phi) is 4.20. The zero-order valence-electron chi connectivity index (χ0n) is 11.9. The number of nitrogens with zero attached hydrogens (tertiary/aromatic N) is 5. The zero-order valence-corrected chi connectivity index (χ0v) is 12.7. The second-order valence-electron chi connectivity index (χ2n) is 4.40. The van der Waals surface area contributed by atoms with Gasteiger partial charge in [0.2, 0.25) is 17.8 Å². The largest absolute Gasteiger partial charge is 0.477 e. The number of carbonyl (C=O) groups is 2. The Morgan fingerprint density at radius 1 is 1.29 bits per heavy atom. The molecule has 0 aliphatic rings. The summed E-state index contributed by atoms with van der Waals surface area (Å²) >= 11 is 1.12. The summed E-state index contributed by atoms with van der Waals surface area (Å²) in [5.74, 6) is -1.68. The third-order valence-electron chi connectivity index (χ3n) is 2.74. The first-order valence-electron chi connectivity index (χ1n) is 6.48. The summed E-state index contributed by atoms with van der Waals surface area (Å²) in [4.78, 5) is 45.2. The van der Waals surface area contributed by atoms with Gasteiger partial charge in [-0.05, 0) is 6.07 Å². The van der Waals surface area contributed by atoms with Crippen molar-refractivity contribution >= 4 is 46.7 Å². The van der Waals surface area contributed by atoms with Crippen LogP contribution in [0.2, 0.25) is 0 Å². The van der Waals surface area contributed by atoms with Crippen molar-refractivity contribution in [1.29, 1.82) is 0 Å². The van der Waals surface area contributed by atoms with Gasteiger partial charge in [0.1, 0.15) is 10.5 Å². The van der Waals surface area contributed by atoms with Crippen LogP contribution in [0.25, 0.3) is 11.2 Å². The average Bonchev–Trinajstić information content (AvgIpc) is 3.01. The molecule has 3 heterocycles. The molecule has 0 radical (unpaired) electrons. The van der Waals surface area contributed by atoms with E-state index in [1.54, 1.807) is 0 Å². The van der Waals surface area contributed by atoms with Crippen molar-refractivity contribution in [2.45, 2.75) is 5.03 Å². The van der Waals surface area contributed by atoms with Crippen LogP contribution in [-0.2, 0) is 4.79 Å². The minimum Gasteiger partial charge on any atom is -0.477 e. The third-order valence-corrected chi connectivity index (χ3v) is 3.71. The second kappa shape index (κ2) is 6.45. The summed E-state index contributed by atoms with van der Waals surface area (Å²) < 4.78 is 0. The first-order chi connectivity index (χ1) is 11.5. The minimum absolute atomic E-state index is 0.00870. The molecule has 12 heteroatoms. The molecule has 3 aromatic rings. The fourth-order valence-electron chi connectivity index (χ4n) is 1.76. The molecule has 24 heavy (non-hydrogen) atoms. The highest BCUT2D eigenvalue weighted by Crippen LogP contribution is 2.23. The number of fused-ring (bicyclic) bond motifs is 1. The molecule has 3 rings (SSSR count). The Bertz CT molecular complexity index is 928. The number of thioether (sulfide) groups is 1. The topological polar surface area (TPSA) is 173 Å². The van der Waals surface area contributed by atoms with E-state index in [-0.39, 0.29) is 23.3 Å². The minimum atomic E-state index is -1.21. The number of hydrogen-bond donors (Lipinski definition) is 4. The van der Waals surface area contributed by atoms with Gasteiger partial charge in [0.15, 0.2) is 11.3 Å². The number of aromatic nitrogens is 6. The number of carboxylic acids is 1.